The number of aromatic nitrogens is 1. The van der Waals surface area contributed by atoms with Gasteiger partial charge in [0.1, 0.15) is 17.4 Å². The number of hydrogen-bond donors (Lipinski definition) is 0. The summed E-state index contributed by atoms with van der Waals surface area (Å²) in [6.45, 7) is 8.47. The molecule has 0 bridgehead atoms. The van der Waals surface area contributed by atoms with Gasteiger partial charge in [-0.1, -0.05) is 38.5 Å². The lowest BCUT2D eigenvalue weighted by Crippen LogP contribution is -2.13. The number of rotatable bonds is 2. The zero-order chi connectivity index (χ0) is 14.8. The summed E-state index contributed by atoms with van der Waals surface area (Å²) in [5, 5.41) is 9.10. The van der Waals surface area contributed by atoms with Gasteiger partial charge < -0.3 is 4.74 Å². The number of aryl methyl sites for hydroxylation is 1. The van der Waals surface area contributed by atoms with E-state index in [4.69, 9.17) is 10.00 Å². The predicted octanol–water partition coefficient (Wildman–Crippen LogP) is 4.35. The lowest BCUT2D eigenvalue weighted by molar-refractivity contribution is 0.438. The second-order valence-corrected chi connectivity index (χ2v) is 5.82. The third-order valence-electron chi connectivity index (χ3n) is 3.04. The van der Waals surface area contributed by atoms with Crippen LogP contribution in [-0.4, -0.2) is 4.98 Å². The van der Waals surface area contributed by atoms with E-state index in [9.17, 15) is 0 Å². The van der Waals surface area contributed by atoms with Crippen LogP contribution in [0.1, 0.15) is 37.5 Å². The van der Waals surface area contributed by atoms with Crippen LogP contribution >= 0.6 is 0 Å². The first-order valence-electron chi connectivity index (χ1n) is 6.56. The van der Waals surface area contributed by atoms with Crippen LogP contribution in [-0.2, 0) is 5.41 Å². The van der Waals surface area contributed by atoms with E-state index in [1.165, 1.54) is 5.56 Å². The molecule has 0 atom stereocenters. The van der Waals surface area contributed by atoms with E-state index >= 15 is 0 Å². The van der Waals surface area contributed by atoms with E-state index in [0.717, 1.165) is 11.3 Å². The van der Waals surface area contributed by atoms with Gasteiger partial charge >= 0.3 is 0 Å². The molecule has 0 fully saturated rings. The Morgan fingerprint density at radius 3 is 2.60 bits per heavy atom. The van der Waals surface area contributed by atoms with Crippen LogP contribution < -0.4 is 4.74 Å². The van der Waals surface area contributed by atoms with E-state index in [-0.39, 0.29) is 5.41 Å². The molecule has 1 heterocycles. The van der Waals surface area contributed by atoms with Gasteiger partial charge in [-0.15, -0.1) is 0 Å². The maximum Gasteiger partial charge on any atom is 0.237 e. The standard InChI is InChI=1S/C17H18N2O/c1-12-7-8-15(14(10-12)17(2,3)4)20-16-13(11-18)6-5-9-19-16/h5-10H,1-4H3. The van der Waals surface area contributed by atoms with Crippen LogP contribution in [0.5, 0.6) is 11.6 Å². The maximum atomic E-state index is 9.10. The second kappa shape index (κ2) is 5.34. The van der Waals surface area contributed by atoms with Crippen molar-refractivity contribution in [1.82, 2.24) is 4.98 Å². The Labute approximate surface area is 119 Å². The molecule has 1 aromatic carbocycles. The Morgan fingerprint density at radius 2 is 1.95 bits per heavy atom. The lowest BCUT2D eigenvalue weighted by Gasteiger charge is -2.23. The lowest BCUT2D eigenvalue weighted by atomic mass is 9.85. The molecular formula is C17H18N2O. The van der Waals surface area contributed by atoms with Gasteiger partial charge in [0, 0.05) is 11.8 Å². The molecule has 3 nitrogen and oxygen atoms in total. The molecule has 0 saturated heterocycles. The zero-order valence-electron chi connectivity index (χ0n) is 12.3. The number of pyridine rings is 1. The Bertz CT molecular complexity index is 663. The first-order valence-corrected chi connectivity index (χ1v) is 6.56. The van der Waals surface area contributed by atoms with E-state index in [1.54, 1.807) is 18.3 Å². The molecule has 0 spiro atoms. The van der Waals surface area contributed by atoms with E-state index in [0.29, 0.717) is 11.4 Å². The second-order valence-electron chi connectivity index (χ2n) is 5.82. The number of nitrogens with zero attached hydrogens (tertiary/aromatic N) is 2. The highest BCUT2D eigenvalue weighted by Crippen LogP contribution is 2.35. The molecule has 20 heavy (non-hydrogen) atoms. The van der Waals surface area contributed by atoms with E-state index in [1.807, 2.05) is 12.1 Å². The average molecular weight is 266 g/mol. The van der Waals surface area contributed by atoms with Crippen molar-refractivity contribution in [2.24, 2.45) is 0 Å². The highest BCUT2D eigenvalue weighted by molar-refractivity contribution is 5.46. The maximum absolute atomic E-state index is 9.10. The number of ether oxygens (including phenoxy) is 1. The number of benzene rings is 1. The van der Waals surface area contributed by atoms with Crippen LogP contribution in [0.4, 0.5) is 0 Å². The van der Waals surface area contributed by atoms with Crippen LogP contribution in [0.15, 0.2) is 36.5 Å². The molecule has 0 saturated carbocycles. The topological polar surface area (TPSA) is 45.9 Å². The molecule has 102 valence electrons. The van der Waals surface area contributed by atoms with Crippen molar-refractivity contribution in [3.8, 4) is 17.7 Å². The SMILES string of the molecule is Cc1ccc(Oc2ncccc2C#N)c(C(C)(C)C)c1. The summed E-state index contributed by atoms with van der Waals surface area (Å²) in [4.78, 5) is 4.15. The minimum Gasteiger partial charge on any atom is -0.437 e. The predicted molar refractivity (Wildman–Crippen MR) is 78.9 cm³/mol. The molecule has 2 aromatic rings. The summed E-state index contributed by atoms with van der Waals surface area (Å²) in [6.07, 6.45) is 1.63. The molecular weight excluding hydrogens is 248 g/mol. The molecule has 0 amide bonds. The summed E-state index contributed by atoms with van der Waals surface area (Å²) in [6, 6.07) is 11.6. The van der Waals surface area contributed by atoms with Gasteiger partial charge in [-0.2, -0.15) is 5.26 Å². The molecule has 0 N–H and O–H groups in total. The summed E-state index contributed by atoms with van der Waals surface area (Å²) < 4.78 is 5.88. The van der Waals surface area contributed by atoms with Crippen LogP contribution in [0.25, 0.3) is 0 Å². The third-order valence-corrected chi connectivity index (χ3v) is 3.04. The van der Waals surface area contributed by atoms with Crippen molar-refractivity contribution >= 4 is 0 Å². The molecule has 1 aromatic heterocycles. The van der Waals surface area contributed by atoms with Crippen molar-refractivity contribution in [2.45, 2.75) is 33.1 Å². The van der Waals surface area contributed by atoms with Gasteiger partial charge in [-0.25, -0.2) is 4.98 Å². The molecule has 3 heteroatoms. The van der Waals surface area contributed by atoms with Gasteiger partial charge in [-0.05, 0) is 30.5 Å². The van der Waals surface area contributed by atoms with Gasteiger partial charge in [0.25, 0.3) is 0 Å². The third kappa shape index (κ3) is 2.97. The fourth-order valence-electron chi connectivity index (χ4n) is 1.98. The Hall–Kier alpha value is -2.34. The van der Waals surface area contributed by atoms with Gasteiger partial charge in [0.15, 0.2) is 0 Å². The normalized spacial score (nSPS) is 10.9. The van der Waals surface area contributed by atoms with Crippen LogP contribution in [0.3, 0.4) is 0 Å². The van der Waals surface area contributed by atoms with Gasteiger partial charge in [0.2, 0.25) is 5.88 Å². The Morgan fingerprint density at radius 1 is 1.20 bits per heavy atom. The van der Waals surface area contributed by atoms with Crippen LogP contribution in [0.2, 0.25) is 0 Å². The summed E-state index contributed by atoms with van der Waals surface area (Å²) in [5.74, 6) is 1.10. The fourth-order valence-corrected chi connectivity index (χ4v) is 1.98. The van der Waals surface area contributed by atoms with Crippen molar-refractivity contribution in [1.29, 1.82) is 5.26 Å². The van der Waals surface area contributed by atoms with Crippen molar-refractivity contribution in [3.63, 3.8) is 0 Å². The Kier molecular flexibility index (Phi) is 3.76. The highest BCUT2D eigenvalue weighted by atomic mass is 16.5. The quantitative estimate of drug-likeness (QED) is 0.811. The molecule has 0 aliphatic rings. The van der Waals surface area contributed by atoms with Gasteiger partial charge in [-0.3, -0.25) is 0 Å². The van der Waals surface area contributed by atoms with E-state index in [2.05, 4.69) is 44.8 Å². The highest BCUT2D eigenvalue weighted by Gasteiger charge is 2.20. The molecule has 0 unspecified atom stereocenters. The van der Waals surface area contributed by atoms with Crippen molar-refractivity contribution < 1.29 is 4.74 Å². The molecule has 0 aliphatic heterocycles. The summed E-state index contributed by atoms with van der Waals surface area (Å²) in [5.41, 5.74) is 2.69. The van der Waals surface area contributed by atoms with Gasteiger partial charge in [0.05, 0.1) is 0 Å². The van der Waals surface area contributed by atoms with Crippen molar-refractivity contribution in [2.75, 3.05) is 0 Å². The zero-order valence-corrected chi connectivity index (χ0v) is 12.3. The summed E-state index contributed by atoms with van der Waals surface area (Å²) in [7, 11) is 0. The van der Waals surface area contributed by atoms with Crippen LogP contribution in [0, 0.1) is 18.3 Å². The summed E-state index contributed by atoms with van der Waals surface area (Å²) >= 11 is 0. The monoisotopic (exact) mass is 266 g/mol. The minimum absolute atomic E-state index is 0.0387. The molecule has 2 rings (SSSR count). The number of nitriles is 1. The van der Waals surface area contributed by atoms with Crippen molar-refractivity contribution in [3.05, 3.63) is 53.2 Å². The largest absolute Gasteiger partial charge is 0.437 e. The smallest absolute Gasteiger partial charge is 0.237 e. The number of hydrogen-bond acceptors (Lipinski definition) is 3. The minimum atomic E-state index is -0.0387. The Balaban J connectivity index is 2.47. The van der Waals surface area contributed by atoms with E-state index < -0.39 is 0 Å². The first kappa shape index (κ1) is 14.1. The molecule has 0 aliphatic carbocycles. The average Bonchev–Trinajstić information content (AvgIpc) is 2.40. The fraction of sp³-hybridized carbons (Fsp3) is 0.294. The molecule has 0 radical (unpaired) electrons. The first-order chi connectivity index (χ1) is 9.41.